The van der Waals surface area contributed by atoms with E-state index in [0.717, 1.165) is 5.75 Å². The van der Waals surface area contributed by atoms with Gasteiger partial charge in [0.1, 0.15) is 12.4 Å². The molecule has 2 heteroatoms. The quantitative estimate of drug-likeness (QED) is 0.686. The molecule has 0 radical (unpaired) electrons. The van der Waals surface area contributed by atoms with Crippen LogP contribution in [0.15, 0.2) is 12.1 Å². The summed E-state index contributed by atoms with van der Waals surface area (Å²) in [5, 5.41) is 0. The van der Waals surface area contributed by atoms with Crippen molar-refractivity contribution in [1.82, 2.24) is 0 Å². The second-order valence-corrected chi connectivity index (χ2v) is 3.52. The molecule has 1 aromatic carbocycles. The fourth-order valence-electron chi connectivity index (χ4n) is 1.32. The van der Waals surface area contributed by atoms with Gasteiger partial charge < -0.3 is 9.47 Å². The molecule has 0 atom stereocenters. The van der Waals surface area contributed by atoms with Gasteiger partial charge in [0.2, 0.25) is 0 Å². The summed E-state index contributed by atoms with van der Waals surface area (Å²) in [7, 11) is 1.68. The van der Waals surface area contributed by atoms with Gasteiger partial charge in [0.25, 0.3) is 0 Å². The van der Waals surface area contributed by atoms with Crippen molar-refractivity contribution in [1.29, 1.82) is 0 Å². The van der Waals surface area contributed by atoms with E-state index in [-0.39, 0.29) is 0 Å². The number of aryl methyl sites for hydroxylation is 2. The van der Waals surface area contributed by atoms with E-state index < -0.39 is 0 Å². The zero-order chi connectivity index (χ0) is 10.6. The first-order chi connectivity index (χ1) is 6.65. The number of ether oxygens (including phenoxy) is 2. The smallest absolute Gasteiger partial charge is 0.119 e. The highest BCUT2D eigenvalue weighted by molar-refractivity contribution is 5.40. The van der Waals surface area contributed by atoms with Gasteiger partial charge in [-0.05, 0) is 49.6 Å². The molecule has 0 spiro atoms. The summed E-state index contributed by atoms with van der Waals surface area (Å²) in [6, 6.07) is 4.13. The lowest BCUT2D eigenvalue weighted by atomic mass is 10.0. The minimum atomic E-state index is 0.610. The Morgan fingerprint density at radius 2 is 1.57 bits per heavy atom. The van der Waals surface area contributed by atoms with Crippen molar-refractivity contribution in [2.45, 2.75) is 20.8 Å². The molecule has 0 saturated carbocycles. The van der Waals surface area contributed by atoms with Crippen molar-refractivity contribution in [2.75, 3.05) is 20.3 Å². The highest BCUT2D eigenvalue weighted by Gasteiger charge is 2.01. The second-order valence-electron chi connectivity index (χ2n) is 3.52. The van der Waals surface area contributed by atoms with Gasteiger partial charge in [-0.15, -0.1) is 0 Å². The Morgan fingerprint density at radius 1 is 1.00 bits per heavy atom. The summed E-state index contributed by atoms with van der Waals surface area (Å²) in [5.74, 6) is 0.933. The lowest BCUT2D eigenvalue weighted by Gasteiger charge is -2.10. The molecule has 78 valence electrons. The first-order valence-electron chi connectivity index (χ1n) is 4.84. The molecular formula is C12H18O2. The second kappa shape index (κ2) is 5.01. The van der Waals surface area contributed by atoms with Gasteiger partial charge in [-0.1, -0.05) is 0 Å². The van der Waals surface area contributed by atoms with E-state index in [9.17, 15) is 0 Å². The topological polar surface area (TPSA) is 18.5 Å². The minimum Gasteiger partial charge on any atom is -0.491 e. The number of hydrogen-bond acceptors (Lipinski definition) is 2. The van der Waals surface area contributed by atoms with Crippen LogP contribution in [0, 0.1) is 20.8 Å². The summed E-state index contributed by atoms with van der Waals surface area (Å²) in [6.07, 6.45) is 0. The van der Waals surface area contributed by atoms with Crippen LogP contribution in [-0.4, -0.2) is 20.3 Å². The van der Waals surface area contributed by atoms with Gasteiger partial charge in [-0.3, -0.25) is 0 Å². The number of benzene rings is 1. The van der Waals surface area contributed by atoms with Crippen LogP contribution in [0.4, 0.5) is 0 Å². The van der Waals surface area contributed by atoms with Gasteiger partial charge >= 0.3 is 0 Å². The Balaban J connectivity index is 2.69. The van der Waals surface area contributed by atoms with E-state index in [2.05, 4.69) is 32.9 Å². The Bertz CT molecular complexity index is 282. The molecule has 0 bridgehead atoms. The molecule has 0 aliphatic carbocycles. The largest absolute Gasteiger partial charge is 0.491 e. The molecule has 0 aliphatic rings. The molecule has 0 N–H and O–H groups in total. The summed E-state index contributed by atoms with van der Waals surface area (Å²) in [4.78, 5) is 0. The highest BCUT2D eigenvalue weighted by atomic mass is 16.5. The molecule has 2 nitrogen and oxygen atoms in total. The van der Waals surface area contributed by atoms with Crippen LogP contribution in [0.2, 0.25) is 0 Å². The van der Waals surface area contributed by atoms with Crippen LogP contribution in [0.3, 0.4) is 0 Å². The van der Waals surface area contributed by atoms with E-state index in [1.807, 2.05) is 0 Å². The fraction of sp³-hybridized carbons (Fsp3) is 0.500. The fourth-order valence-corrected chi connectivity index (χ4v) is 1.32. The molecule has 0 aromatic heterocycles. The first-order valence-corrected chi connectivity index (χ1v) is 4.84. The summed E-state index contributed by atoms with van der Waals surface area (Å²) >= 11 is 0. The van der Waals surface area contributed by atoms with Crippen LogP contribution >= 0.6 is 0 Å². The van der Waals surface area contributed by atoms with Crippen LogP contribution in [0.25, 0.3) is 0 Å². The normalized spacial score (nSPS) is 10.3. The van der Waals surface area contributed by atoms with Crippen molar-refractivity contribution in [3.8, 4) is 5.75 Å². The molecule has 1 rings (SSSR count). The lowest BCUT2D eigenvalue weighted by Crippen LogP contribution is -2.04. The van der Waals surface area contributed by atoms with Gasteiger partial charge in [-0.25, -0.2) is 0 Å². The Kier molecular flexibility index (Phi) is 3.96. The average molecular weight is 194 g/mol. The van der Waals surface area contributed by atoms with E-state index in [4.69, 9.17) is 9.47 Å². The molecule has 0 aliphatic heterocycles. The maximum atomic E-state index is 5.54. The average Bonchev–Trinajstić information content (AvgIpc) is 2.14. The number of hydrogen-bond donors (Lipinski definition) is 0. The van der Waals surface area contributed by atoms with Crippen LogP contribution in [-0.2, 0) is 4.74 Å². The van der Waals surface area contributed by atoms with Crippen molar-refractivity contribution in [3.63, 3.8) is 0 Å². The lowest BCUT2D eigenvalue weighted by molar-refractivity contribution is 0.146. The Hall–Kier alpha value is -1.02. The summed E-state index contributed by atoms with van der Waals surface area (Å²) < 4.78 is 10.5. The third-order valence-corrected chi connectivity index (χ3v) is 2.46. The molecule has 0 heterocycles. The third kappa shape index (κ3) is 2.74. The summed E-state index contributed by atoms with van der Waals surface area (Å²) in [5.41, 5.74) is 3.89. The highest BCUT2D eigenvalue weighted by Crippen LogP contribution is 2.20. The van der Waals surface area contributed by atoms with Crippen molar-refractivity contribution >= 4 is 0 Å². The molecule has 0 unspecified atom stereocenters. The van der Waals surface area contributed by atoms with Crippen LogP contribution in [0.5, 0.6) is 5.75 Å². The van der Waals surface area contributed by atoms with Gasteiger partial charge in [0.05, 0.1) is 6.61 Å². The zero-order valence-electron chi connectivity index (χ0n) is 9.39. The maximum Gasteiger partial charge on any atom is 0.119 e. The van der Waals surface area contributed by atoms with Gasteiger partial charge in [-0.2, -0.15) is 0 Å². The molecule has 0 amide bonds. The molecule has 14 heavy (non-hydrogen) atoms. The van der Waals surface area contributed by atoms with Gasteiger partial charge in [0.15, 0.2) is 0 Å². The van der Waals surface area contributed by atoms with Crippen molar-refractivity contribution in [3.05, 3.63) is 28.8 Å². The number of methoxy groups -OCH3 is 1. The van der Waals surface area contributed by atoms with Gasteiger partial charge in [0, 0.05) is 7.11 Å². The van der Waals surface area contributed by atoms with Crippen molar-refractivity contribution in [2.24, 2.45) is 0 Å². The summed E-state index contributed by atoms with van der Waals surface area (Å²) in [6.45, 7) is 7.57. The molecular weight excluding hydrogens is 176 g/mol. The monoisotopic (exact) mass is 194 g/mol. The number of rotatable bonds is 4. The third-order valence-electron chi connectivity index (χ3n) is 2.46. The maximum absolute atomic E-state index is 5.54. The molecule has 0 fully saturated rings. The SMILES string of the molecule is COCCOc1cc(C)c(C)c(C)c1. The van der Waals surface area contributed by atoms with E-state index in [0.29, 0.717) is 13.2 Å². The van der Waals surface area contributed by atoms with E-state index >= 15 is 0 Å². The molecule has 0 saturated heterocycles. The molecule has 1 aromatic rings. The standard InChI is InChI=1S/C12H18O2/c1-9-7-12(14-6-5-13-4)8-10(2)11(9)3/h7-8H,5-6H2,1-4H3. The van der Waals surface area contributed by atoms with E-state index in [1.54, 1.807) is 7.11 Å². The zero-order valence-corrected chi connectivity index (χ0v) is 9.39. The predicted molar refractivity (Wildman–Crippen MR) is 58.0 cm³/mol. The Morgan fingerprint density at radius 3 is 2.07 bits per heavy atom. The predicted octanol–water partition coefficient (Wildman–Crippen LogP) is 2.64. The van der Waals surface area contributed by atoms with Crippen LogP contribution < -0.4 is 4.74 Å². The Labute approximate surface area is 85.8 Å². The van der Waals surface area contributed by atoms with E-state index in [1.165, 1.54) is 16.7 Å². The minimum absolute atomic E-state index is 0.610. The van der Waals surface area contributed by atoms with Crippen LogP contribution in [0.1, 0.15) is 16.7 Å². The van der Waals surface area contributed by atoms with Crippen molar-refractivity contribution < 1.29 is 9.47 Å². The first kappa shape index (κ1) is 11.1.